The molecular formula is C50H38N2S. The topological polar surface area (TPSA) is 25.8 Å². The monoisotopic (exact) mass is 698 g/mol. The van der Waals surface area contributed by atoms with Gasteiger partial charge in [-0.1, -0.05) is 105 Å². The Hall–Kier alpha value is -5.64. The van der Waals surface area contributed by atoms with Gasteiger partial charge in [0.05, 0.1) is 11.4 Å². The quantitative estimate of drug-likeness (QED) is 0.183. The van der Waals surface area contributed by atoms with Crippen LogP contribution in [-0.2, 0) is 18.3 Å². The number of allylic oxidation sites excluding steroid dienone is 5. The summed E-state index contributed by atoms with van der Waals surface area (Å²) >= 11 is 1.90. The first-order chi connectivity index (χ1) is 26.0. The smallest absolute Gasteiger partial charge is 0.0716 e. The van der Waals surface area contributed by atoms with Gasteiger partial charge in [0.15, 0.2) is 0 Å². The molecular weight excluding hydrogens is 661 g/mol. The molecule has 3 heteroatoms. The fourth-order valence-electron chi connectivity index (χ4n) is 9.42. The molecule has 4 aromatic carbocycles. The van der Waals surface area contributed by atoms with E-state index in [4.69, 9.17) is 9.97 Å². The highest BCUT2D eigenvalue weighted by Crippen LogP contribution is 2.51. The summed E-state index contributed by atoms with van der Waals surface area (Å²) in [5.41, 5.74) is 21.9. The van der Waals surface area contributed by atoms with E-state index in [1.54, 1.807) is 0 Å². The Balaban J connectivity index is 0.876. The summed E-state index contributed by atoms with van der Waals surface area (Å²) in [6.07, 6.45) is 18.9. The van der Waals surface area contributed by atoms with Gasteiger partial charge in [0.25, 0.3) is 0 Å². The first-order valence-corrected chi connectivity index (χ1v) is 19.8. The molecule has 254 valence electrons. The van der Waals surface area contributed by atoms with Crippen molar-refractivity contribution in [2.24, 2.45) is 0 Å². The van der Waals surface area contributed by atoms with Crippen molar-refractivity contribution < 1.29 is 0 Å². The normalized spacial score (nSPS) is 16.0. The van der Waals surface area contributed by atoms with Gasteiger partial charge in [0, 0.05) is 49.6 Å². The number of hydrogen-bond acceptors (Lipinski definition) is 3. The number of pyridine rings is 2. The van der Waals surface area contributed by atoms with Gasteiger partial charge in [-0.25, -0.2) is 0 Å². The van der Waals surface area contributed by atoms with Crippen LogP contribution in [0, 0.1) is 0 Å². The lowest BCUT2D eigenvalue weighted by atomic mass is 9.81. The van der Waals surface area contributed by atoms with E-state index < -0.39 is 0 Å². The Kier molecular flexibility index (Phi) is 6.82. The standard InChI is InChI=1S/C50H38N2S/c1-50(2)44-26-30(33-19-23-46(51-28-33)39-13-7-12-36-35-10-4-3-9-32(35)25-43(36)39)17-21-37(44)38-22-18-31(27-45(38)50)34-20-24-47(52-29-34)42-15-8-14-41-40-11-5-6-16-48(40)53-49(41)42/h3,6-9,12-24,26-29H,4-5,10-11,25H2,1-2H3. The number of rotatable bonds is 4. The Morgan fingerprint density at radius 1 is 0.566 bits per heavy atom. The van der Waals surface area contributed by atoms with Gasteiger partial charge in [-0.3, -0.25) is 9.97 Å². The molecule has 4 aliphatic carbocycles. The average molecular weight is 699 g/mol. The summed E-state index contributed by atoms with van der Waals surface area (Å²) in [7, 11) is 0. The average Bonchev–Trinajstić information content (AvgIpc) is 3.86. The van der Waals surface area contributed by atoms with Crippen LogP contribution in [0.1, 0.15) is 65.8 Å². The number of hydrogen-bond donors (Lipinski definition) is 0. The van der Waals surface area contributed by atoms with Gasteiger partial charge in [-0.15, -0.1) is 11.3 Å². The third kappa shape index (κ3) is 4.77. The lowest BCUT2D eigenvalue weighted by molar-refractivity contribution is 0.661. The zero-order chi connectivity index (χ0) is 35.3. The van der Waals surface area contributed by atoms with E-state index >= 15 is 0 Å². The summed E-state index contributed by atoms with van der Waals surface area (Å²) < 4.78 is 1.35. The van der Waals surface area contributed by atoms with Crippen molar-refractivity contribution in [3.63, 3.8) is 0 Å². The zero-order valence-corrected chi connectivity index (χ0v) is 30.9. The number of thiophene rings is 1. The van der Waals surface area contributed by atoms with Gasteiger partial charge in [-0.2, -0.15) is 0 Å². The van der Waals surface area contributed by atoms with Crippen LogP contribution < -0.4 is 0 Å². The molecule has 0 amide bonds. The summed E-state index contributed by atoms with van der Waals surface area (Å²) in [6, 6.07) is 36.3. The SMILES string of the molecule is CC1(C)c2cc(-c3ccc(-c4cccc5c4CC4=C5CCC=C4)nc3)ccc2-c2ccc(-c3ccc(-c4cccc5c6c(sc45)C=CCC6)nc3)cc21. The Morgan fingerprint density at radius 3 is 1.91 bits per heavy atom. The summed E-state index contributed by atoms with van der Waals surface area (Å²) in [5.74, 6) is 0. The highest BCUT2D eigenvalue weighted by Gasteiger charge is 2.36. The maximum atomic E-state index is 5.05. The van der Waals surface area contributed by atoms with Crippen LogP contribution in [0.5, 0.6) is 0 Å². The molecule has 0 atom stereocenters. The van der Waals surface area contributed by atoms with Gasteiger partial charge in [-0.05, 0) is 129 Å². The second-order valence-corrected chi connectivity index (χ2v) is 16.6. The van der Waals surface area contributed by atoms with Crippen molar-refractivity contribution in [3.05, 3.63) is 166 Å². The predicted octanol–water partition coefficient (Wildman–Crippen LogP) is 13.3. The third-order valence-electron chi connectivity index (χ3n) is 12.2. The second kappa shape index (κ2) is 11.7. The van der Waals surface area contributed by atoms with Crippen molar-refractivity contribution in [1.82, 2.24) is 9.97 Å². The zero-order valence-electron chi connectivity index (χ0n) is 30.0. The van der Waals surface area contributed by atoms with E-state index in [0.717, 1.165) is 54.6 Å². The predicted molar refractivity (Wildman–Crippen MR) is 223 cm³/mol. The summed E-state index contributed by atoms with van der Waals surface area (Å²) in [5, 5.41) is 1.39. The van der Waals surface area contributed by atoms with Crippen LogP contribution in [0.15, 0.2) is 133 Å². The molecule has 3 heterocycles. The molecule has 0 aliphatic heterocycles. The van der Waals surface area contributed by atoms with Crippen molar-refractivity contribution in [3.8, 4) is 55.9 Å². The molecule has 7 aromatic rings. The Labute approximate surface area is 314 Å². The summed E-state index contributed by atoms with van der Waals surface area (Å²) in [6.45, 7) is 4.73. The Bertz CT molecular complexity index is 2750. The van der Waals surface area contributed by atoms with E-state index in [9.17, 15) is 0 Å². The highest BCUT2D eigenvalue weighted by molar-refractivity contribution is 7.20. The van der Waals surface area contributed by atoms with E-state index in [1.165, 1.54) is 87.3 Å². The number of benzene rings is 4. The van der Waals surface area contributed by atoms with Crippen molar-refractivity contribution >= 4 is 33.1 Å². The van der Waals surface area contributed by atoms with Gasteiger partial charge in [0.2, 0.25) is 0 Å². The van der Waals surface area contributed by atoms with Crippen LogP contribution in [0.3, 0.4) is 0 Å². The van der Waals surface area contributed by atoms with E-state index in [-0.39, 0.29) is 5.41 Å². The van der Waals surface area contributed by atoms with E-state index in [0.29, 0.717) is 0 Å². The van der Waals surface area contributed by atoms with E-state index in [2.05, 4.69) is 148 Å². The van der Waals surface area contributed by atoms with Crippen LogP contribution in [0.4, 0.5) is 0 Å². The molecule has 0 saturated carbocycles. The largest absolute Gasteiger partial charge is 0.256 e. The minimum absolute atomic E-state index is 0.134. The minimum Gasteiger partial charge on any atom is -0.256 e. The maximum Gasteiger partial charge on any atom is 0.0716 e. The number of fused-ring (bicyclic) bond motifs is 8. The molecule has 2 nitrogen and oxygen atoms in total. The molecule has 0 bridgehead atoms. The first kappa shape index (κ1) is 30.9. The number of aryl methyl sites for hydroxylation is 1. The van der Waals surface area contributed by atoms with Gasteiger partial charge in [0.1, 0.15) is 0 Å². The lowest BCUT2D eigenvalue weighted by Gasteiger charge is -2.22. The molecule has 0 unspecified atom stereocenters. The highest BCUT2D eigenvalue weighted by atomic mass is 32.1. The van der Waals surface area contributed by atoms with Gasteiger partial charge < -0.3 is 0 Å². The fraction of sp³-hybridized carbons (Fsp3) is 0.160. The fourth-order valence-corrected chi connectivity index (χ4v) is 10.7. The van der Waals surface area contributed by atoms with E-state index in [1.807, 2.05) is 11.3 Å². The maximum absolute atomic E-state index is 5.05. The molecule has 0 spiro atoms. The Morgan fingerprint density at radius 2 is 1.19 bits per heavy atom. The molecule has 4 aliphatic rings. The van der Waals surface area contributed by atoms with Crippen LogP contribution in [-0.4, -0.2) is 9.97 Å². The van der Waals surface area contributed by atoms with Crippen molar-refractivity contribution in [1.29, 1.82) is 0 Å². The lowest BCUT2D eigenvalue weighted by Crippen LogP contribution is -2.15. The minimum atomic E-state index is -0.134. The van der Waals surface area contributed by atoms with Crippen LogP contribution >= 0.6 is 11.3 Å². The molecule has 53 heavy (non-hydrogen) atoms. The molecule has 0 saturated heterocycles. The molecule has 0 N–H and O–H groups in total. The van der Waals surface area contributed by atoms with Crippen molar-refractivity contribution in [2.75, 3.05) is 0 Å². The van der Waals surface area contributed by atoms with Gasteiger partial charge >= 0.3 is 0 Å². The van der Waals surface area contributed by atoms with Crippen molar-refractivity contribution in [2.45, 2.75) is 51.4 Å². The summed E-state index contributed by atoms with van der Waals surface area (Å²) in [4.78, 5) is 11.5. The van der Waals surface area contributed by atoms with Crippen LogP contribution in [0.25, 0.3) is 77.6 Å². The molecule has 3 aromatic heterocycles. The molecule has 0 fully saturated rings. The number of nitrogens with zero attached hydrogens (tertiary/aromatic N) is 2. The molecule has 11 rings (SSSR count). The first-order valence-electron chi connectivity index (χ1n) is 19.0. The number of aromatic nitrogens is 2. The molecule has 0 radical (unpaired) electrons. The van der Waals surface area contributed by atoms with Crippen LogP contribution in [0.2, 0.25) is 0 Å². The third-order valence-corrected chi connectivity index (χ3v) is 13.5. The second-order valence-electron chi connectivity index (χ2n) is 15.5.